The van der Waals surface area contributed by atoms with E-state index in [4.69, 9.17) is 11.6 Å². The lowest BCUT2D eigenvalue weighted by Crippen LogP contribution is -2.37. The Morgan fingerprint density at radius 1 is 1.11 bits per heavy atom. The Kier molecular flexibility index (Phi) is 5.53. The molecule has 150 valence electrons. The number of sulfonamides is 1. The zero-order valence-electron chi connectivity index (χ0n) is 15.5. The molecule has 1 aliphatic heterocycles. The number of nitrogens with zero attached hydrogens (tertiary/aromatic N) is 1. The summed E-state index contributed by atoms with van der Waals surface area (Å²) < 4.78 is 27.5. The molecule has 2 aliphatic rings. The predicted octanol–water partition coefficient (Wildman–Crippen LogP) is 4.04. The van der Waals surface area contributed by atoms with Crippen LogP contribution in [0.4, 0.5) is 0 Å². The molecule has 1 saturated heterocycles. The third-order valence-electron chi connectivity index (χ3n) is 5.67. The first-order chi connectivity index (χ1) is 13.4. The molecule has 1 N–H and O–H groups in total. The summed E-state index contributed by atoms with van der Waals surface area (Å²) in [6, 6.07) is 9.27. The van der Waals surface area contributed by atoms with E-state index in [0.29, 0.717) is 24.7 Å². The van der Waals surface area contributed by atoms with E-state index in [1.54, 1.807) is 11.4 Å². The van der Waals surface area contributed by atoms with Gasteiger partial charge >= 0.3 is 0 Å². The highest BCUT2D eigenvalue weighted by molar-refractivity contribution is 7.89. The van der Waals surface area contributed by atoms with Crippen LogP contribution in [0, 0.1) is 0 Å². The smallest absolute Gasteiger partial charge is 0.262 e. The lowest BCUT2D eigenvalue weighted by Gasteiger charge is -2.26. The molecule has 1 aromatic carbocycles. The molecule has 1 aromatic heterocycles. The minimum Gasteiger partial charge on any atom is -0.350 e. The van der Waals surface area contributed by atoms with E-state index in [2.05, 4.69) is 5.32 Å². The Labute approximate surface area is 174 Å². The van der Waals surface area contributed by atoms with E-state index in [1.807, 2.05) is 24.3 Å². The average molecular weight is 439 g/mol. The number of amides is 1. The summed E-state index contributed by atoms with van der Waals surface area (Å²) in [5.74, 6) is -0.314. The van der Waals surface area contributed by atoms with Gasteiger partial charge in [0.2, 0.25) is 10.0 Å². The molecule has 1 aliphatic carbocycles. The van der Waals surface area contributed by atoms with Crippen LogP contribution >= 0.6 is 22.9 Å². The summed E-state index contributed by atoms with van der Waals surface area (Å²) in [6.07, 6.45) is 4.79. The SMILES string of the molecule is O=C(NCC1(c2ccc(Cl)cc2)CC1)c1sccc1S(=O)(=O)N1CCCCC1. The summed E-state index contributed by atoms with van der Waals surface area (Å²) in [6.45, 7) is 1.55. The van der Waals surface area contributed by atoms with Gasteiger partial charge in [0, 0.05) is 30.1 Å². The molecule has 1 amide bonds. The van der Waals surface area contributed by atoms with Gasteiger partial charge in [-0.1, -0.05) is 30.2 Å². The van der Waals surface area contributed by atoms with Crippen LogP contribution in [-0.2, 0) is 15.4 Å². The van der Waals surface area contributed by atoms with Crippen molar-refractivity contribution in [3.63, 3.8) is 0 Å². The highest BCUT2D eigenvalue weighted by Gasteiger charge is 2.44. The molecule has 28 heavy (non-hydrogen) atoms. The number of piperidine rings is 1. The van der Waals surface area contributed by atoms with Gasteiger partial charge in [-0.15, -0.1) is 11.3 Å². The van der Waals surface area contributed by atoms with Crippen molar-refractivity contribution in [2.45, 2.75) is 42.4 Å². The lowest BCUT2D eigenvalue weighted by atomic mass is 9.96. The quantitative estimate of drug-likeness (QED) is 0.740. The molecule has 0 radical (unpaired) electrons. The number of hydrogen-bond acceptors (Lipinski definition) is 4. The second-order valence-corrected chi connectivity index (χ2v) is 10.8. The van der Waals surface area contributed by atoms with Crippen LogP contribution in [-0.4, -0.2) is 38.3 Å². The molecular weight excluding hydrogens is 416 g/mol. The van der Waals surface area contributed by atoms with E-state index in [1.165, 1.54) is 15.6 Å². The summed E-state index contributed by atoms with van der Waals surface area (Å²) in [4.78, 5) is 13.2. The third kappa shape index (κ3) is 3.85. The first-order valence-corrected chi connectivity index (χ1v) is 12.2. The molecule has 0 atom stereocenters. The van der Waals surface area contributed by atoms with E-state index < -0.39 is 10.0 Å². The number of halogens is 1. The van der Waals surface area contributed by atoms with Crippen LogP contribution in [0.3, 0.4) is 0 Å². The van der Waals surface area contributed by atoms with Crippen molar-refractivity contribution < 1.29 is 13.2 Å². The minimum absolute atomic E-state index is 0.0661. The van der Waals surface area contributed by atoms with Crippen LogP contribution < -0.4 is 5.32 Å². The van der Waals surface area contributed by atoms with Crippen LogP contribution in [0.5, 0.6) is 0 Å². The fraction of sp³-hybridized carbons (Fsp3) is 0.450. The Hall–Kier alpha value is -1.41. The minimum atomic E-state index is -3.62. The molecule has 8 heteroatoms. The van der Waals surface area contributed by atoms with Gasteiger partial charge in [-0.3, -0.25) is 4.79 Å². The Morgan fingerprint density at radius 2 is 1.79 bits per heavy atom. The highest BCUT2D eigenvalue weighted by Crippen LogP contribution is 2.47. The van der Waals surface area contributed by atoms with Crippen molar-refractivity contribution in [1.29, 1.82) is 0 Å². The number of nitrogens with one attached hydrogen (secondary N) is 1. The topological polar surface area (TPSA) is 66.5 Å². The molecule has 2 heterocycles. The first-order valence-electron chi connectivity index (χ1n) is 9.54. The van der Waals surface area contributed by atoms with Crippen molar-refractivity contribution in [2.75, 3.05) is 19.6 Å². The van der Waals surface area contributed by atoms with Crippen LogP contribution in [0.2, 0.25) is 5.02 Å². The van der Waals surface area contributed by atoms with Gasteiger partial charge in [0.05, 0.1) is 0 Å². The normalized spacial score (nSPS) is 19.3. The van der Waals surface area contributed by atoms with Crippen molar-refractivity contribution in [2.24, 2.45) is 0 Å². The van der Waals surface area contributed by atoms with Gasteiger partial charge in [-0.05, 0) is 54.8 Å². The van der Waals surface area contributed by atoms with Crippen molar-refractivity contribution in [3.8, 4) is 0 Å². The van der Waals surface area contributed by atoms with Crippen LogP contribution in [0.25, 0.3) is 0 Å². The number of rotatable bonds is 6. The van der Waals surface area contributed by atoms with Gasteiger partial charge in [-0.2, -0.15) is 4.31 Å². The van der Waals surface area contributed by atoms with Crippen molar-refractivity contribution in [3.05, 3.63) is 51.2 Å². The fourth-order valence-electron chi connectivity index (χ4n) is 3.76. The molecular formula is C20H23ClN2O3S2. The fourth-order valence-corrected chi connectivity index (χ4v) is 6.72. The maximum absolute atomic E-state index is 13.0. The molecule has 5 nitrogen and oxygen atoms in total. The monoisotopic (exact) mass is 438 g/mol. The van der Waals surface area contributed by atoms with E-state index >= 15 is 0 Å². The lowest BCUT2D eigenvalue weighted by molar-refractivity contribution is 0.0950. The van der Waals surface area contributed by atoms with Gasteiger partial charge in [0.25, 0.3) is 5.91 Å². The maximum Gasteiger partial charge on any atom is 0.262 e. The zero-order chi connectivity index (χ0) is 19.8. The Balaban J connectivity index is 1.48. The average Bonchev–Trinajstić information content (AvgIpc) is 3.32. The van der Waals surface area contributed by atoms with E-state index in [9.17, 15) is 13.2 Å². The number of thiophene rings is 1. The number of benzene rings is 1. The highest BCUT2D eigenvalue weighted by atomic mass is 35.5. The summed E-state index contributed by atoms with van der Waals surface area (Å²) >= 11 is 7.15. The maximum atomic E-state index is 13.0. The number of hydrogen-bond donors (Lipinski definition) is 1. The third-order valence-corrected chi connectivity index (χ3v) is 8.90. The second kappa shape index (κ2) is 7.78. The van der Waals surface area contributed by atoms with Crippen LogP contribution in [0.15, 0.2) is 40.6 Å². The summed E-state index contributed by atoms with van der Waals surface area (Å²) in [5.41, 5.74) is 1.09. The van der Waals surface area contributed by atoms with Crippen molar-refractivity contribution in [1.82, 2.24) is 9.62 Å². The molecule has 1 saturated carbocycles. The first kappa shape index (κ1) is 19.9. The molecule has 0 spiro atoms. The van der Waals surface area contributed by atoms with Gasteiger partial charge < -0.3 is 5.32 Å². The molecule has 2 aromatic rings. The predicted molar refractivity (Wildman–Crippen MR) is 112 cm³/mol. The molecule has 2 fully saturated rings. The summed E-state index contributed by atoms with van der Waals surface area (Å²) in [7, 11) is -3.62. The number of carbonyl (C=O) groups excluding carboxylic acids is 1. The van der Waals surface area contributed by atoms with Gasteiger partial charge in [-0.25, -0.2) is 8.42 Å². The van der Waals surface area contributed by atoms with Crippen molar-refractivity contribution >= 4 is 38.9 Å². The largest absolute Gasteiger partial charge is 0.350 e. The zero-order valence-corrected chi connectivity index (χ0v) is 17.9. The van der Waals surface area contributed by atoms with E-state index in [-0.39, 0.29) is 21.1 Å². The second-order valence-electron chi connectivity index (χ2n) is 7.55. The molecule has 0 unspecified atom stereocenters. The molecule has 0 bridgehead atoms. The Bertz CT molecular complexity index is 960. The van der Waals surface area contributed by atoms with Crippen LogP contribution in [0.1, 0.15) is 47.3 Å². The molecule has 4 rings (SSSR count). The summed E-state index contributed by atoms with van der Waals surface area (Å²) in [5, 5.41) is 5.34. The van der Waals surface area contributed by atoms with Gasteiger partial charge in [0.1, 0.15) is 9.77 Å². The van der Waals surface area contributed by atoms with E-state index in [0.717, 1.165) is 37.7 Å². The Morgan fingerprint density at radius 3 is 2.43 bits per heavy atom. The number of carbonyl (C=O) groups is 1. The van der Waals surface area contributed by atoms with Gasteiger partial charge in [0.15, 0.2) is 0 Å². The standard InChI is InChI=1S/C20H23ClN2O3S2/c21-16-6-4-15(5-7-16)20(9-10-20)14-22-19(24)18-17(8-13-27-18)28(25,26)23-11-2-1-3-12-23/h4-8,13H,1-3,9-12,14H2,(H,22,24).